The summed E-state index contributed by atoms with van der Waals surface area (Å²) in [5.41, 5.74) is 3.17. The van der Waals surface area contributed by atoms with Crippen LogP contribution in [0.5, 0.6) is 0 Å². The second-order valence-corrected chi connectivity index (χ2v) is 7.94. The van der Waals surface area contributed by atoms with E-state index >= 15 is 0 Å². The van der Waals surface area contributed by atoms with E-state index in [0.717, 1.165) is 17.0 Å². The van der Waals surface area contributed by atoms with Crippen molar-refractivity contribution in [2.75, 3.05) is 0 Å². The second kappa shape index (κ2) is 8.26. The van der Waals surface area contributed by atoms with E-state index < -0.39 is 0 Å². The van der Waals surface area contributed by atoms with Crippen LogP contribution in [0.25, 0.3) is 22.8 Å². The van der Waals surface area contributed by atoms with Crippen molar-refractivity contribution in [2.45, 2.75) is 51.4 Å². The summed E-state index contributed by atoms with van der Waals surface area (Å²) in [7, 11) is 0. The first-order valence-corrected chi connectivity index (χ1v) is 10.3. The standard InChI is InChI=1S/C23H25ClN2O/c1-2-5-16-8-10-17(11-9-16)18-12-14-19(15-13-18)23-25-22(26-27-23)20-6-3-4-7-21(20)24/h3-4,6-7,12-17H,2,5,8-11H2,1H3. The van der Waals surface area contributed by atoms with Gasteiger partial charge in [-0.25, -0.2) is 0 Å². The molecule has 4 rings (SSSR count). The van der Waals surface area contributed by atoms with E-state index in [1.165, 1.54) is 44.1 Å². The zero-order valence-corrected chi connectivity index (χ0v) is 16.5. The van der Waals surface area contributed by atoms with Gasteiger partial charge >= 0.3 is 0 Å². The zero-order chi connectivity index (χ0) is 18.6. The first-order valence-electron chi connectivity index (χ1n) is 9.93. The number of hydrogen-bond donors (Lipinski definition) is 0. The first kappa shape index (κ1) is 18.2. The lowest BCUT2D eigenvalue weighted by Gasteiger charge is -2.28. The molecule has 0 radical (unpaired) electrons. The molecular formula is C23H25ClN2O. The van der Waals surface area contributed by atoms with Crippen molar-refractivity contribution in [3.05, 3.63) is 59.1 Å². The van der Waals surface area contributed by atoms with Gasteiger partial charge in [-0.1, -0.05) is 60.8 Å². The quantitative estimate of drug-likeness (QED) is 0.472. The monoisotopic (exact) mass is 380 g/mol. The molecule has 1 saturated carbocycles. The van der Waals surface area contributed by atoms with Gasteiger partial charge in [0.2, 0.25) is 5.82 Å². The van der Waals surface area contributed by atoms with Crippen LogP contribution in [0.15, 0.2) is 53.1 Å². The van der Waals surface area contributed by atoms with Crippen molar-refractivity contribution in [3.63, 3.8) is 0 Å². The largest absolute Gasteiger partial charge is 0.334 e. The number of halogens is 1. The molecule has 1 aliphatic carbocycles. The Hall–Kier alpha value is -2.13. The number of nitrogens with zero attached hydrogens (tertiary/aromatic N) is 2. The number of aromatic nitrogens is 2. The van der Waals surface area contributed by atoms with Crippen molar-refractivity contribution >= 4 is 11.6 Å². The lowest BCUT2D eigenvalue weighted by Crippen LogP contribution is -2.13. The Balaban J connectivity index is 1.46. The van der Waals surface area contributed by atoms with Crippen LogP contribution >= 0.6 is 11.6 Å². The minimum Gasteiger partial charge on any atom is -0.334 e. The molecule has 3 nitrogen and oxygen atoms in total. The Morgan fingerprint density at radius 2 is 1.74 bits per heavy atom. The van der Waals surface area contributed by atoms with Gasteiger partial charge in [0.15, 0.2) is 0 Å². The first-order chi connectivity index (χ1) is 13.2. The van der Waals surface area contributed by atoms with Crippen molar-refractivity contribution in [1.29, 1.82) is 0 Å². The topological polar surface area (TPSA) is 38.9 Å². The Labute approximate surface area is 165 Å². The van der Waals surface area contributed by atoms with E-state index in [2.05, 4.69) is 41.3 Å². The van der Waals surface area contributed by atoms with E-state index in [9.17, 15) is 0 Å². The molecule has 0 aliphatic heterocycles. The van der Waals surface area contributed by atoms with Crippen molar-refractivity contribution in [2.24, 2.45) is 5.92 Å². The Bertz CT molecular complexity index is 879. The summed E-state index contributed by atoms with van der Waals surface area (Å²) in [6, 6.07) is 16.2. The molecule has 2 aromatic carbocycles. The van der Waals surface area contributed by atoms with Crippen LogP contribution in [-0.2, 0) is 0 Å². The number of hydrogen-bond acceptors (Lipinski definition) is 3. The maximum atomic E-state index is 6.23. The molecule has 27 heavy (non-hydrogen) atoms. The van der Waals surface area contributed by atoms with Crippen LogP contribution in [0.3, 0.4) is 0 Å². The third-order valence-electron chi connectivity index (χ3n) is 5.71. The van der Waals surface area contributed by atoms with E-state index in [0.29, 0.717) is 22.7 Å². The average Bonchev–Trinajstić information content (AvgIpc) is 3.19. The third kappa shape index (κ3) is 4.08. The van der Waals surface area contributed by atoms with Gasteiger partial charge in [0.25, 0.3) is 5.89 Å². The van der Waals surface area contributed by atoms with Gasteiger partial charge in [-0.15, -0.1) is 0 Å². The Kier molecular flexibility index (Phi) is 5.58. The van der Waals surface area contributed by atoms with Crippen LogP contribution < -0.4 is 0 Å². The molecule has 0 bridgehead atoms. The minimum atomic E-state index is 0.522. The van der Waals surface area contributed by atoms with E-state index in [-0.39, 0.29) is 0 Å². The van der Waals surface area contributed by atoms with Gasteiger partial charge in [0.1, 0.15) is 0 Å². The summed E-state index contributed by atoms with van der Waals surface area (Å²) in [5.74, 6) is 2.68. The summed E-state index contributed by atoms with van der Waals surface area (Å²) in [6.45, 7) is 2.29. The Morgan fingerprint density at radius 3 is 2.44 bits per heavy atom. The van der Waals surface area contributed by atoms with Crippen molar-refractivity contribution in [1.82, 2.24) is 10.1 Å². The normalized spacial score (nSPS) is 19.9. The highest BCUT2D eigenvalue weighted by molar-refractivity contribution is 6.33. The zero-order valence-electron chi connectivity index (χ0n) is 15.7. The van der Waals surface area contributed by atoms with Crippen LogP contribution in [0.2, 0.25) is 5.02 Å². The minimum absolute atomic E-state index is 0.522. The molecule has 140 valence electrons. The van der Waals surface area contributed by atoms with E-state index in [4.69, 9.17) is 16.1 Å². The number of benzene rings is 2. The summed E-state index contributed by atoms with van der Waals surface area (Å²) in [6.07, 6.45) is 8.04. The third-order valence-corrected chi connectivity index (χ3v) is 6.04. The van der Waals surface area contributed by atoms with Crippen LogP contribution in [-0.4, -0.2) is 10.1 Å². The molecule has 0 unspecified atom stereocenters. The molecule has 0 N–H and O–H groups in total. The van der Waals surface area contributed by atoms with Gasteiger partial charge in [-0.2, -0.15) is 4.98 Å². The summed E-state index contributed by atoms with van der Waals surface area (Å²) >= 11 is 6.23. The van der Waals surface area contributed by atoms with E-state index in [1.807, 2.05) is 24.3 Å². The van der Waals surface area contributed by atoms with Crippen LogP contribution in [0, 0.1) is 5.92 Å². The molecular weight excluding hydrogens is 356 g/mol. The summed E-state index contributed by atoms with van der Waals surface area (Å²) in [4.78, 5) is 4.52. The molecule has 1 heterocycles. The molecule has 0 atom stereocenters. The second-order valence-electron chi connectivity index (χ2n) is 7.53. The molecule has 1 aliphatic rings. The fraction of sp³-hybridized carbons (Fsp3) is 0.391. The van der Waals surface area contributed by atoms with Gasteiger partial charge in [-0.3, -0.25) is 0 Å². The SMILES string of the molecule is CCCC1CCC(c2ccc(-c3nc(-c4ccccc4Cl)no3)cc2)CC1. The molecule has 1 aromatic heterocycles. The van der Waals surface area contributed by atoms with Crippen molar-refractivity contribution < 1.29 is 4.52 Å². The highest BCUT2D eigenvalue weighted by atomic mass is 35.5. The highest BCUT2D eigenvalue weighted by Crippen LogP contribution is 2.38. The van der Waals surface area contributed by atoms with Gasteiger partial charge in [0.05, 0.1) is 5.02 Å². The molecule has 0 spiro atoms. The molecule has 1 fully saturated rings. The average molecular weight is 381 g/mol. The maximum absolute atomic E-state index is 6.23. The van der Waals surface area contributed by atoms with Crippen LogP contribution in [0.4, 0.5) is 0 Å². The van der Waals surface area contributed by atoms with E-state index in [1.54, 1.807) is 0 Å². The fourth-order valence-corrected chi connectivity index (χ4v) is 4.40. The molecule has 3 aromatic rings. The van der Waals surface area contributed by atoms with Crippen molar-refractivity contribution in [3.8, 4) is 22.8 Å². The predicted molar refractivity (Wildman–Crippen MR) is 110 cm³/mol. The smallest absolute Gasteiger partial charge is 0.258 e. The predicted octanol–water partition coefficient (Wildman–Crippen LogP) is 7.13. The molecule has 0 saturated heterocycles. The maximum Gasteiger partial charge on any atom is 0.258 e. The van der Waals surface area contributed by atoms with Crippen LogP contribution in [0.1, 0.15) is 56.9 Å². The Morgan fingerprint density at radius 1 is 1.00 bits per heavy atom. The molecule has 0 amide bonds. The van der Waals surface area contributed by atoms with Gasteiger partial charge in [0, 0.05) is 11.1 Å². The molecule has 4 heteroatoms. The lowest BCUT2D eigenvalue weighted by atomic mass is 9.77. The lowest BCUT2D eigenvalue weighted by molar-refractivity contribution is 0.308. The summed E-state index contributed by atoms with van der Waals surface area (Å²) < 4.78 is 5.47. The fourth-order valence-electron chi connectivity index (χ4n) is 4.18. The van der Waals surface area contributed by atoms with Gasteiger partial charge in [-0.05, 0) is 67.3 Å². The summed E-state index contributed by atoms with van der Waals surface area (Å²) in [5, 5.41) is 4.72. The highest BCUT2D eigenvalue weighted by Gasteiger charge is 2.22. The number of rotatable bonds is 5. The van der Waals surface area contributed by atoms with Gasteiger partial charge < -0.3 is 4.52 Å².